The van der Waals surface area contributed by atoms with Gasteiger partial charge in [0.2, 0.25) is 0 Å². The maximum Gasteiger partial charge on any atom is -0.0136 e. The Morgan fingerprint density at radius 2 is 1.83 bits per heavy atom. The van der Waals surface area contributed by atoms with Crippen LogP contribution in [0.15, 0.2) is 30.3 Å². The molecular weight excluding hydrogens is 144 g/mol. The zero-order valence-corrected chi connectivity index (χ0v) is 7.66. The Labute approximate surface area is 74.6 Å². The number of hydrogen-bond donors (Lipinski definition) is 0. The van der Waals surface area contributed by atoms with Crippen molar-refractivity contribution in [2.75, 3.05) is 0 Å². The minimum absolute atomic E-state index is 0.839. The van der Waals surface area contributed by atoms with E-state index >= 15 is 0 Å². The van der Waals surface area contributed by atoms with Crippen LogP contribution in [0.4, 0.5) is 0 Å². The topological polar surface area (TPSA) is 0 Å². The molecule has 0 bridgehead atoms. The predicted octanol–water partition coefficient (Wildman–Crippen LogP) is 3.59. The van der Waals surface area contributed by atoms with E-state index in [1.54, 1.807) is 5.56 Å². The summed E-state index contributed by atoms with van der Waals surface area (Å²) in [6, 6.07) is 10.9. The Kier molecular flexibility index (Phi) is 2.16. The third-order valence-electron chi connectivity index (χ3n) is 3.09. The first-order valence-corrected chi connectivity index (χ1v) is 4.93. The number of hydrogen-bond acceptors (Lipinski definition) is 0. The van der Waals surface area contributed by atoms with Crippen LogP contribution < -0.4 is 0 Å². The maximum absolute atomic E-state index is 2.38. The van der Waals surface area contributed by atoms with E-state index in [2.05, 4.69) is 37.3 Å². The fourth-order valence-electron chi connectivity index (χ4n) is 2.34. The van der Waals surface area contributed by atoms with E-state index in [-0.39, 0.29) is 0 Å². The molecule has 0 aliphatic heterocycles. The highest BCUT2D eigenvalue weighted by molar-refractivity contribution is 5.20. The molecule has 0 heterocycles. The van der Waals surface area contributed by atoms with Gasteiger partial charge in [0.05, 0.1) is 0 Å². The van der Waals surface area contributed by atoms with Crippen molar-refractivity contribution in [3.05, 3.63) is 35.9 Å². The van der Waals surface area contributed by atoms with Gasteiger partial charge < -0.3 is 0 Å². The lowest BCUT2D eigenvalue weighted by Crippen LogP contribution is -2.00. The van der Waals surface area contributed by atoms with Gasteiger partial charge in [0.25, 0.3) is 0 Å². The molecular formula is C12H16. The zero-order valence-electron chi connectivity index (χ0n) is 7.66. The second-order valence-electron chi connectivity index (χ2n) is 3.93. The first kappa shape index (κ1) is 7.85. The van der Waals surface area contributed by atoms with Crippen molar-refractivity contribution >= 4 is 0 Å². The van der Waals surface area contributed by atoms with Gasteiger partial charge in [0.15, 0.2) is 0 Å². The SMILES string of the molecule is C[C@H]1CCC[C@H]1c1ccccc1. The Morgan fingerprint density at radius 3 is 2.42 bits per heavy atom. The van der Waals surface area contributed by atoms with E-state index < -0.39 is 0 Å². The molecule has 1 aromatic rings. The van der Waals surface area contributed by atoms with Gasteiger partial charge in [-0.15, -0.1) is 0 Å². The molecule has 1 aromatic carbocycles. The molecule has 0 saturated heterocycles. The van der Waals surface area contributed by atoms with Crippen LogP contribution in [0.2, 0.25) is 0 Å². The van der Waals surface area contributed by atoms with Crippen molar-refractivity contribution in [2.24, 2.45) is 5.92 Å². The molecule has 64 valence electrons. The van der Waals surface area contributed by atoms with Crippen molar-refractivity contribution < 1.29 is 0 Å². The summed E-state index contributed by atoms with van der Waals surface area (Å²) >= 11 is 0. The molecule has 0 nitrogen and oxygen atoms in total. The molecule has 0 heteroatoms. The number of benzene rings is 1. The maximum atomic E-state index is 2.38. The summed E-state index contributed by atoms with van der Waals surface area (Å²) in [7, 11) is 0. The van der Waals surface area contributed by atoms with Crippen LogP contribution in [0.25, 0.3) is 0 Å². The van der Waals surface area contributed by atoms with Gasteiger partial charge in [0.1, 0.15) is 0 Å². The molecule has 0 aromatic heterocycles. The van der Waals surface area contributed by atoms with E-state index in [0.29, 0.717) is 0 Å². The van der Waals surface area contributed by atoms with E-state index in [1.807, 2.05) is 0 Å². The molecule has 1 fully saturated rings. The van der Waals surface area contributed by atoms with Gasteiger partial charge >= 0.3 is 0 Å². The smallest absolute Gasteiger partial charge is 0.0136 e. The minimum atomic E-state index is 0.839. The molecule has 1 aliphatic rings. The molecule has 0 radical (unpaired) electrons. The Morgan fingerprint density at radius 1 is 1.08 bits per heavy atom. The largest absolute Gasteiger partial charge is 0.0622 e. The van der Waals surface area contributed by atoms with Crippen LogP contribution in [-0.4, -0.2) is 0 Å². The van der Waals surface area contributed by atoms with Crippen LogP contribution >= 0.6 is 0 Å². The molecule has 2 atom stereocenters. The van der Waals surface area contributed by atoms with Crippen LogP contribution in [0, 0.1) is 5.92 Å². The highest BCUT2D eigenvalue weighted by atomic mass is 14.3. The van der Waals surface area contributed by atoms with Crippen molar-refractivity contribution in [1.29, 1.82) is 0 Å². The third-order valence-corrected chi connectivity index (χ3v) is 3.09. The summed E-state index contributed by atoms with van der Waals surface area (Å²) in [6.07, 6.45) is 4.23. The molecule has 1 aliphatic carbocycles. The molecule has 2 rings (SSSR count). The summed E-state index contributed by atoms with van der Waals surface area (Å²) in [5.41, 5.74) is 1.54. The molecule has 1 saturated carbocycles. The Bertz CT molecular complexity index is 237. The first-order valence-electron chi connectivity index (χ1n) is 4.93. The highest BCUT2D eigenvalue weighted by Crippen LogP contribution is 2.38. The van der Waals surface area contributed by atoms with Gasteiger partial charge in [-0.05, 0) is 23.8 Å². The van der Waals surface area contributed by atoms with Gasteiger partial charge in [-0.2, -0.15) is 0 Å². The van der Waals surface area contributed by atoms with E-state index in [4.69, 9.17) is 0 Å². The second-order valence-corrected chi connectivity index (χ2v) is 3.93. The summed E-state index contributed by atoms with van der Waals surface area (Å²) in [5.74, 6) is 1.73. The summed E-state index contributed by atoms with van der Waals surface area (Å²) in [5, 5.41) is 0. The monoisotopic (exact) mass is 160 g/mol. The summed E-state index contributed by atoms with van der Waals surface area (Å²) in [6.45, 7) is 2.38. The Hall–Kier alpha value is -0.780. The van der Waals surface area contributed by atoms with Crippen molar-refractivity contribution in [2.45, 2.75) is 32.1 Å². The van der Waals surface area contributed by atoms with Crippen molar-refractivity contribution in [3.8, 4) is 0 Å². The first-order chi connectivity index (χ1) is 5.88. The molecule has 0 amide bonds. The fourth-order valence-corrected chi connectivity index (χ4v) is 2.34. The average molecular weight is 160 g/mol. The highest BCUT2D eigenvalue weighted by Gasteiger charge is 2.24. The van der Waals surface area contributed by atoms with Gasteiger partial charge in [0, 0.05) is 0 Å². The van der Waals surface area contributed by atoms with Crippen LogP contribution in [-0.2, 0) is 0 Å². The minimum Gasteiger partial charge on any atom is -0.0622 e. The predicted molar refractivity (Wildman–Crippen MR) is 52.2 cm³/mol. The molecule has 12 heavy (non-hydrogen) atoms. The normalized spacial score (nSPS) is 29.1. The quantitative estimate of drug-likeness (QED) is 0.589. The van der Waals surface area contributed by atoms with Crippen molar-refractivity contribution in [3.63, 3.8) is 0 Å². The van der Waals surface area contributed by atoms with Gasteiger partial charge in [-0.25, -0.2) is 0 Å². The standard InChI is InChI=1S/C12H16/c1-10-6-5-9-12(10)11-7-3-2-4-8-11/h2-4,7-8,10,12H,5-6,9H2,1H3/t10-,12+/m0/s1. The number of rotatable bonds is 1. The lowest BCUT2D eigenvalue weighted by molar-refractivity contribution is 0.533. The fraction of sp³-hybridized carbons (Fsp3) is 0.500. The van der Waals surface area contributed by atoms with E-state index in [0.717, 1.165) is 11.8 Å². The summed E-state index contributed by atoms with van der Waals surface area (Å²) in [4.78, 5) is 0. The third kappa shape index (κ3) is 1.38. The molecule has 0 unspecified atom stereocenters. The summed E-state index contributed by atoms with van der Waals surface area (Å²) < 4.78 is 0. The second kappa shape index (κ2) is 3.30. The zero-order chi connectivity index (χ0) is 8.39. The van der Waals surface area contributed by atoms with Gasteiger partial charge in [-0.3, -0.25) is 0 Å². The van der Waals surface area contributed by atoms with Crippen LogP contribution in [0.3, 0.4) is 0 Å². The van der Waals surface area contributed by atoms with E-state index in [1.165, 1.54) is 19.3 Å². The van der Waals surface area contributed by atoms with Crippen molar-refractivity contribution in [1.82, 2.24) is 0 Å². The van der Waals surface area contributed by atoms with E-state index in [9.17, 15) is 0 Å². The average Bonchev–Trinajstić information content (AvgIpc) is 2.53. The van der Waals surface area contributed by atoms with Gasteiger partial charge in [-0.1, -0.05) is 50.1 Å². The lowest BCUT2D eigenvalue weighted by atomic mass is 9.90. The van der Waals surface area contributed by atoms with Crippen LogP contribution in [0.1, 0.15) is 37.7 Å². The Balaban J connectivity index is 2.19. The lowest BCUT2D eigenvalue weighted by Gasteiger charge is -2.14. The molecule has 0 spiro atoms. The van der Waals surface area contributed by atoms with Crippen LogP contribution in [0.5, 0.6) is 0 Å². The molecule has 0 N–H and O–H groups in total.